The maximum Gasteiger partial charge on any atom is 0.234 e. The second-order valence-corrected chi connectivity index (χ2v) is 4.84. The van der Waals surface area contributed by atoms with Crippen LogP contribution in [0.15, 0.2) is 22.7 Å². The van der Waals surface area contributed by atoms with Gasteiger partial charge in [-0.25, -0.2) is 4.39 Å². The fraction of sp³-hybridized carbons (Fsp3) is 0.308. The first kappa shape index (κ1) is 13.7. The lowest BCUT2D eigenvalue weighted by atomic mass is 10.1. The van der Waals surface area contributed by atoms with E-state index in [-0.39, 0.29) is 34.9 Å². The Labute approximate surface area is 114 Å². The molecule has 1 heterocycles. The number of halogens is 2. The third kappa shape index (κ3) is 3.17. The van der Waals surface area contributed by atoms with E-state index in [0.29, 0.717) is 5.56 Å². The van der Waals surface area contributed by atoms with Crippen molar-refractivity contribution in [3.8, 4) is 11.4 Å². The molecule has 100 valence electrons. The zero-order chi connectivity index (χ0) is 14.0. The number of rotatable bonds is 4. The van der Waals surface area contributed by atoms with Gasteiger partial charge in [-0.1, -0.05) is 30.6 Å². The van der Waals surface area contributed by atoms with Gasteiger partial charge in [0.15, 0.2) is 0 Å². The van der Waals surface area contributed by atoms with Crippen LogP contribution in [0.4, 0.5) is 4.39 Å². The molecular weight excluding hydrogens is 271 g/mol. The molecule has 0 saturated carbocycles. The van der Waals surface area contributed by atoms with Crippen LogP contribution < -0.4 is 0 Å². The molecular formula is C13H12ClFN2O2. The van der Waals surface area contributed by atoms with Crippen molar-refractivity contribution in [1.82, 2.24) is 10.1 Å². The molecule has 0 unspecified atom stereocenters. The Balaban J connectivity index is 2.23. The topological polar surface area (TPSA) is 56.0 Å². The Morgan fingerprint density at radius 1 is 1.47 bits per heavy atom. The summed E-state index contributed by atoms with van der Waals surface area (Å²) >= 11 is 5.90. The summed E-state index contributed by atoms with van der Waals surface area (Å²) in [5.41, 5.74) is 0.468. The number of carbonyl (C=O) groups excluding carboxylic acids is 1. The Kier molecular flexibility index (Phi) is 3.95. The van der Waals surface area contributed by atoms with Gasteiger partial charge in [0.05, 0.1) is 11.4 Å². The van der Waals surface area contributed by atoms with Gasteiger partial charge in [0, 0.05) is 11.5 Å². The average Bonchev–Trinajstić information content (AvgIpc) is 2.77. The zero-order valence-corrected chi connectivity index (χ0v) is 11.2. The third-order valence-electron chi connectivity index (χ3n) is 2.61. The quantitative estimate of drug-likeness (QED) is 0.863. The molecule has 0 atom stereocenters. The number of hydrogen-bond donors (Lipinski definition) is 0. The van der Waals surface area contributed by atoms with Crippen molar-refractivity contribution in [3.63, 3.8) is 0 Å². The Hall–Kier alpha value is -1.75. The smallest absolute Gasteiger partial charge is 0.234 e. The average molecular weight is 283 g/mol. The summed E-state index contributed by atoms with van der Waals surface area (Å²) in [4.78, 5) is 15.7. The van der Waals surface area contributed by atoms with E-state index in [1.807, 2.05) is 0 Å². The van der Waals surface area contributed by atoms with Crippen LogP contribution in [0.2, 0.25) is 5.02 Å². The molecule has 0 spiro atoms. The summed E-state index contributed by atoms with van der Waals surface area (Å²) in [6.45, 7) is 3.60. The van der Waals surface area contributed by atoms with Gasteiger partial charge in [-0.2, -0.15) is 4.98 Å². The zero-order valence-electron chi connectivity index (χ0n) is 10.5. The summed E-state index contributed by atoms with van der Waals surface area (Å²) in [6, 6.07) is 3.90. The van der Waals surface area contributed by atoms with Crippen molar-refractivity contribution >= 4 is 17.4 Å². The molecule has 0 N–H and O–H groups in total. The van der Waals surface area contributed by atoms with Crippen molar-refractivity contribution in [2.45, 2.75) is 20.3 Å². The minimum Gasteiger partial charge on any atom is -0.338 e. The molecule has 0 radical (unpaired) electrons. The SMILES string of the molecule is CC(C)C(=O)Cc1nc(-c2ccc(F)cc2Cl)no1. The Morgan fingerprint density at radius 3 is 2.84 bits per heavy atom. The molecule has 0 saturated heterocycles. The number of ketones is 1. The van der Waals surface area contributed by atoms with E-state index in [9.17, 15) is 9.18 Å². The van der Waals surface area contributed by atoms with Crippen LogP contribution in [0, 0.1) is 11.7 Å². The Morgan fingerprint density at radius 2 is 2.21 bits per heavy atom. The first-order valence-electron chi connectivity index (χ1n) is 5.78. The van der Waals surface area contributed by atoms with E-state index < -0.39 is 5.82 Å². The molecule has 0 fully saturated rings. The van der Waals surface area contributed by atoms with Crippen molar-refractivity contribution in [3.05, 3.63) is 34.9 Å². The van der Waals surface area contributed by atoms with E-state index in [2.05, 4.69) is 10.1 Å². The number of hydrogen-bond acceptors (Lipinski definition) is 4. The van der Waals surface area contributed by atoms with Crippen LogP contribution >= 0.6 is 11.6 Å². The molecule has 2 aromatic rings. The monoisotopic (exact) mass is 282 g/mol. The molecule has 0 amide bonds. The van der Waals surface area contributed by atoms with E-state index in [4.69, 9.17) is 16.1 Å². The highest BCUT2D eigenvalue weighted by Crippen LogP contribution is 2.26. The van der Waals surface area contributed by atoms with Gasteiger partial charge < -0.3 is 4.52 Å². The number of nitrogens with zero attached hydrogens (tertiary/aromatic N) is 2. The normalized spacial score (nSPS) is 11.0. The van der Waals surface area contributed by atoms with Gasteiger partial charge in [-0.3, -0.25) is 4.79 Å². The Bertz CT molecular complexity index is 610. The van der Waals surface area contributed by atoms with E-state index in [0.717, 1.165) is 0 Å². The summed E-state index contributed by atoms with van der Waals surface area (Å²) < 4.78 is 17.9. The van der Waals surface area contributed by atoms with Gasteiger partial charge in [0.1, 0.15) is 11.6 Å². The molecule has 0 bridgehead atoms. The van der Waals surface area contributed by atoms with Crippen LogP contribution in [0.5, 0.6) is 0 Å². The molecule has 4 nitrogen and oxygen atoms in total. The van der Waals surface area contributed by atoms with Gasteiger partial charge in [0.25, 0.3) is 0 Å². The molecule has 19 heavy (non-hydrogen) atoms. The first-order chi connectivity index (χ1) is 8.97. The van der Waals surface area contributed by atoms with Crippen molar-refractivity contribution in [1.29, 1.82) is 0 Å². The number of carbonyl (C=O) groups is 1. The van der Waals surface area contributed by atoms with Gasteiger partial charge in [-0.05, 0) is 18.2 Å². The minimum atomic E-state index is -0.438. The lowest BCUT2D eigenvalue weighted by Gasteiger charge is -1.99. The van der Waals surface area contributed by atoms with Gasteiger partial charge in [0.2, 0.25) is 11.7 Å². The fourth-order valence-corrected chi connectivity index (χ4v) is 1.71. The molecule has 6 heteroatoms. The summed E-state index contributed by atoms with van der Waals surface area (Å²) in [7, 11) is 0. The minimum absolute atomic E-state index is 0.0143. The predicted octanol–water partition coefficient (Wildman–Crippen LogP) is 3.30. The number of aromatic nitrogens is 2. The number of Topliss-reactive ketones (excluding diaryl/α,β-unsaturated/α-hetero) is 1. The maximum absolute atomic E-state index is 12.9. The van der Waals surface area contributed by atoms with Crippen LogP contribution in [-0.2, 0) is 11.2 Å². The lowest BCUT2D eigenvalue weighted by Crippen LogP contribution is -2.10. The highest BCUT2D eigenvalue weighted by Gasteiger charge is 2.16. The summed E-state index contributed by atoms with van der Waals surface area (Å²) in [6.07, 6.45) is 0.0868. The van der Waals surface area contributed by atoms with Gasteiger partial charge in [-0.15, -0.1) is 0 Å². The summed E-state index contributed by atoms with van der Waals surface area (Å²) in [5.74, 6) is -0.0386. The number of benzene rings is 1. The summed E-state index contributed by atoms with van der Waals surface area (Å²) in [5, 5.41) is 3.94. The highest BCUT2D eigenvalue weighted by atomic mass is 35.5. The standard InChI is InChI=1S/C13H12ClFN2O2/c1-7(2)11(18)6-12-16-13(17-19-12)9-4-3-8(15)5-10(9)14/h3-5,7H,6H2,1-2H3. The largest absolute Gasteiger partial charge is 0.338 e. The van der Waals surface area contributed by atoms with Crippen molar-refractivity contribution in [2.24, 2.45) is 5.92 Å². The fourth-order valence-electron chi connectivity index (χ4n) is 1.46. The molecule has 1 aromatic heterocycles. The predicted molar refractivity (Wildman–Crippen MR) is 68.3 cm³/mol. The lowest BCUT2D eigenvalue weighted by molar-refractivity contribution is -0.121. The highest BCUT2D eigenvalue weighted by molar-refractivity contribution is 6.33. The van der Waals surface area contributed by atoms with E-state index in [1.54, 1.807) is 13.8 Å². The molecule has 0 aliphatic rings. The molecule has 0 aliphatic carbocycles. The molecule has 0 aliphatic heterocycles. The van der Waals surface area contributed by atoms with Crippen molar-refractivity contribution < 1.29 is 13.7 Å². The van der Waals surface area contributed by atoms with Crippen LogP contribution in [0.25, 0.3) is 11.4 Å². The molecule has 2 rings (SSSR count). The van der Waals surface area contributed by atoms with Gasteiger partial charge >= 0.3 is 0 Å². The van der Waals surface area contributed by atoms with Crippen LogP contribution in [0.1, 0.15) is 19.7 Å². The van der Waals surface area contributed by atoms with Crippen LogP contribution in [-0.4, -0.2) is 15.9 Å². The van der Waals surface area contributed by atoms with E-state index >= 15 is 0 Å². The third-order valence-corrected chi connectivity index (χ3v) is 2.92. The van der Waals surface area contributed by atoms with Crippen LogP contribution in [0.3, 0.4) is 0 Å². The first-order valence-corrected chi connectivity index (χ1v) is 6.16. The van der Waals surface area contributed by atoms with Crippen molar-refractivity contribution in [2.75, 3.05) is 0 Å². The second-order valence-electron chi connectivity index (χ2n) is 4.43. The second kappa shape index (κ2) is 5.48. The molecule has 1 aromatic carbocycles. The maximum atomic E-state index is 12.9. The van der Waals surface area contributed by atoms with E-state index in [1.165, 1.54) is 18.2 Å².